The monoisotopic (exact) mass is 229 g/mol. The second-order valence-electron chi connectivity index (χ2n) is 3.10. The molecule has 0 amide bonds. The zero-order chi connectivity index (χ0) is 12.2. The highest BCUT2D eigenvalue weighted by Gasteiger charge is 2.25. The first kappa shape index (κ1) is 12.4. The van der Waals surface area contributed by atoms with Crippen LogP contribution in [0.5, 0.6) is 0 Å². The topological polar surface area (TPSA) is 26.3 Å². The smallest absolute Gasteiger partial charge is 0.466 e. The molecular weight excluding hydrogens is 220 g/mol. The summed E-state index contributed by atoms with van der Waals surface area (Å²) in [6.45, 7) is -5.01. The van der Waals surface area contributed by atoms with Crippen molar-refractivity contribution >= 4 is 24.5 Å². The van der Waals surface area contributed by atoms with Crippen LogP contribution in [0.25, 0.3) is 6.08 Å². The number of esters is 1. The van der Waals surface area contributed by atoms with Gasteiger partial charge in [-0.15, -0.1) is 5.46 Å². The van der Waals surface area contributed by atoms with Crippen LogP contribution in [-0.4, -0.2) is 20.1 Å². The van der Waals surface area contributed by atoms with Crippen LogP contribution in [0.1, 0.15) is 5.56 Å². The summed E-state index contributed by atoms with van der Waals surface area (Å²) in [7, 11) is 1.20. The predicted molar refractivity (Wildman–Crippen MR) is 56.2 cm³/mol. The lowest BCUT2D eigenvalue weighted by Crippen LogP contribution is -2.33. The van der Waals surface area contributed by atoms with Crippen molar-refractivity contribution in [3.8, 4) is 0 Å². The molecule has 16 heavy (non-hydrogen) atoms. The van der Waals surface area contributed by atoms with Crippen molar-refractivity contribution in [1.82, 2.24) is 0 Å². The maximum Gasteiger partial charge on any atom is 0.509 e. The summed E-state index contributed by atoms with van der Waals surface area (Å²) in [5, 5.41) is 0. The first-order valence-corrected chi connectivity index (χ1v) is 4.49. The quantitative estimate of drug-likeness (QED) is 0.449. The van der Waals surface area contributed by atoms with Gasteiger partial charge in [-0.25, -0.2) is 4.79 Å². The van der Waals surface area contributed by atoms with Gasteiger partial charge in [-0.05, 0) is 11.6 Å². The Hall–Kier alpha value is -1.72. The molecular formula is C10H9BF3O2-. The Morgan fingerprint density at radius 2 is 2.06 bits per heavy atom. The highest BCUT2D eigenvalue weighted by Crippen LogP contribution is 2.10. The van der Waals surface area contributed by atoms with Crippen LogP contribution in [0, 0.1) is 0 Å². The average Bonchev–Trinajstić information content (AvgIpc) is 2.25. The molecule has 0 aliphatic carbocycles. The Bertz CT molecular complexity index is 413. The van der Waals surface area contributed by atoms with Crippen molar-refractivity contribution < 1.29 is 22.5 Å². The number of hydrogen-bond acceptors (Lipinski definition) is 2. The Morgan fingerprint density at radius 3 is 2.62 bits per heavy atom. The summed E-state index contributed by atoms with van der Waals surface area (Å²) in [5.74, 6) is -0.608. The van der Waals surface area contributed by atoms with Gasteiger partial charge in [-0.2, -0.15) is 0 Å². The lowest BCUT2D eigenvalue weighted by molar-refractivity contribution is -0.134. The maximum atomic E-state index is 12.4. The molecule has 2 nitrogen and oxygen atoms in total. The van der Waals surface area contributed by atoms with Gasteiger partial charge in [0.15, 0.2) is 0 Å². The van der Waals surface area contributed by atoms with Crippen LogP contribution in [0.15, 0.2) is 30.3 Å². The van der Waals surface area contributed by atoms with Crippen molar-refractivity contribution in [3.63, 3.8) is 0 Å². The second-order valence-corrected chi connectivity index (χ2v) is 3.10. The third kappa shape index (κ3) is 3.45. The zero-order valence-electron chi connectivity index (χ0n) is 8.49. The van der Waals surface area contributed by atoms with E-state index in [1.165, 1.54) is 25.3 Å². The molecule has 0 atom stereocenters. The highest BCUT2D eigenvalue weighted by atomic mass is 19.4. The van der Waals surface area contributed by atoms with E-state index in [9.17, 15) is 17.7 Å². The molecule has 0 spiro atoms. The van der Waals surface area contributed by atoms with Gasteiger partial charge < -0.3 is 17.7 Å². The number of methoxy groups -OCH3 is 1. The molecule has 0 aliphatic rings. The van der Waals surface area contributed by atoms with Gasteiger partial charge in [0.05, 0.1) is 7.11 Å². The zero-order valence-corrected chi connectivity index (χ0v) is 8.49. The fourth-order valence-corrected chi connectivity index (χ4v) is 1.10. The lowest BCUT2D eigenvalue weighted by atomic mass is 9.79. The van der Waals surface area contributed by atoms with E-state index in [1.54, 1.807) is 0 Å². The van der Waals surface area contributed by atoms with Gasteiger partial charge >= 0.3 is 12.9 Å². The molecule has 0 radical (unpaired) electrons. The minimum Gasteiger partial charge on any atom is -0.466 e. The van der Waals surface area contributed by atoms with Gasteiger partial charge in [-0.3, -0.25) is 0 Å². The third-order valence-corrected chi connectivity index (χ3v) is 1.90. The molecule has 0 saturated carbocycles. The van der Waals surface area contributed by atoms with Crippen LogP contribution in [-0.2, 0) is 9.53 Å². The summed E-state index contributed by atoms with van der Waals surface area (Å²) >= 11 is 0. The standard InChI is InChI=1S/C10H9BF3O2/c1-16-10(15)6-5-8-3-2-4-9(7-8)11(12,13)14/h2-7H,1H3/q-1/b6-5+. The van der Waals surface area contributed by atoms with Crippen molar-refractivity contribution in [2.24, 2.45) is 0 Å². The van der Waals surface area contributed by atoms with Crippen LogP contribution in [0.3, 0.4) is 0 Å². The highest BCUT2D eigenvalue weighted by molar-refractivity contribution is 6.73. The fourth-order valence-electron chi connectivity index (χ4n) is 1.10. The minimum atomic E-state index is -5.01. The van der Waals surface area contributed by atoms with E-state index in [1.807, 2.05) is 0 Å². The number of carbonyl (C=O) groups excluding carboxylic acids is 1. The van der Waals surface area contributed by atoms with Crippen LogP contribution >= 0.6 is 0 Å². The number of ether oxygens (including phenoxy) is 1. The second kappa shape index (κ2) is 4.87. The van der Waals surface area contributed by atoms with E-state index >= 15 is 0 Å². The molecule has 1 aromatic carbocycles. The normalized spacial score (nSPS) is 11.8. The lowest BCUT2D eigenvalue weighted by Gasteiger charge is -2.14. The van der Waals surface area contributed by atoms with E-state index in [4.69, 9.17) is 0 Å². The summed E-state index contributed by atoms with van der Waals surface area (Å²) in [6, 6.07) is 4.75. The summed E-state index contributed by atoms with van der Waals surface area (Å²) in [4.78, 5) is 10.7. The average molecular weight is 229 g/mol. The molecule has 6 heteroatoms. The molecule has 0 N–H and O–H groups in total. The van der Waals surface area contributed by atoms with Gasteiger partial charge in [-0.1, -0.05) is 24.3 Å². The Labute approximate surface area is 90.8 Å². The molecule has 1 aromatic rings. The van der Waals surface area contributed by atoms with Crippen LogP contribution < -0.4 is 5.46 Å². The largest absolute Gasteiger partial charge is 0.509 e. The first-order valence-electron chi connectivity index (χ1n) is 4.49. The molecule has 0 fully saturated rings. The summed E-state index contributed by atoms with van der Waals surface area (Å²) in [6.07, 6.45) is 2.35. The van der Waals surface area contributed by atoms with Crippen molar-refractivity contribution in [2.75, 3.05) is 7.11 Å². The predicted octanol–water partition coefficient (Wildman–Crippen LogP) is 1.93. The van der Waals surface area contributed by atoms with E-state index in [0.29, 0.717) is 5.56 Å². The Kier molecular flexibility index (Phi) is 3.76. The molecule has 0 unspecified atom stereocenters. The van der Waals surface area contributed by atoms with E-state index < -0.39 is 18.4 Å². The number of halogens is 3. The number of hydrogen-bond donors (Lipinski definition) is 0. The molecule has 0 aliphatic heterocycles. The maximum absolute atomic E-state index is 12.4. The molecule has 1 rings (SSSR count). The fraction of sp³-hybridized carbons (Fsp3) is 0.100. The van der Waals surface area contributed by atoms with E-state index in [2.05, 4.69) is 4.74 Å². The SMILES string of the molecule is COC(=O)/C=C/c1cccc([B-](F)(F)F)c1. The summed E-state index contributed by atoms with van der Waals surface area (Å²) < 4.78 is 41.5. The van der Waals surface area contributed by atoms with Crippen LogP contribution in [0.2, 0.25) is 0 Å². The molecule has 0 saturated heterocycles. The Balaban J connectivity index is 2.91. The van der Waals surface area contributed by atoms with Gasteiger partial charge in [0, 0.05) is 6.08 Å². The van der Waals surface area contributed by atoms with Crippen molar-refractivity contribution in [2.45, 2.75) is 0 Å². The van der Waals surface area contributed by atoms with E-state index in [-0.39, 0.29) is 0 Å². The van der Waals surface area contributed by atoms with Crippen molar-refractivity contribution in [3.05, 3.63) is 35.9 Å². The molecule has 0 heterocycles. The van der Waals surface area contributed by atoms with Crippen LogP contribution in [0.4, 0.5) is 12.9 Å². The van der Waals surface area contributed by atoms with Crippen molar-refractivity contribution in [1.29, 1.82) is 0 Å². The molecule has 0 bridgehead atoms. The van der Waals surface area contributed by atoms with Gasteiger partial charge in [0.25, 0.3) is 0 Å². The minimum absolute atomic E-state index is 0.308. The number of carbonyl (C=O) groups is 1. The van der Waals surface area contributed by atoms with Gasteiger partial charge in [0.2, 0.25) is 0 Å². The van der Waals surface area contributed by atoms with Gasteiger partial charge in [0.1, 0.15) is 0 Å². The molecule has 86 valence electrons. The van der Waals surface area contributed by atoms with E-state index in [0.717, 1.165) is 18.2 Å². The number of rotatable bonds is 3. The number of benzene rings is 1. The Morgan fingerprint density at radius 1 is 1.38 bits per heavy atom. The first-order chi connectivity index (χ1) is 7.43. The third-order valence-electron chi connectivity index (χ3n) is 1.90. The molecule has 0 aromatic heterocycles. The summed E-state index contributed by atoms with van der Waals surface area (Å²) in [5.41, 5.74) is -0.380.